The topological polar surface area (TPSA) is 15.3 Å². The van der Waals surface area contributed by atoms with E-state index in [0.29, 0.717) is 11.6 Å². The summed E-state index contributed by atoms with van der Waals surface area (Å²) in [6, 6.07) is 0.708. The molecule has 13 heavy (non-hydrogen) atoms. The average Bonchev–Trinajstić information content (AvgIpc) is 2.50. The van der Waals surface area contributed by atoms with Crippen molar-refractivity contribution in [3.05, 3.63) is 0 Å². The Bertz CT molecular complexity index is 150. The Morgan fingerprint density at radius 1 is 1.54 bits per heavy atom. The van der Waals surface area contributed by atoms with Crippen molar-refractivity contribution in [1.29, 1.82) is 0 Å². The Morgan fingerprint density at radius 3 is 2.69 bits per heavy atom. The largest absolute Gasteiger partial charge is 0.310 e. The summed E-state index contributed by atoms with van der Waals surface area (Å²) in [6.07, 6.45) is 3.91. The summed E-state index contributed by atoms with van der Waals surface area (Å²) in [5.74, 6) is 0. The van der Waals surface area contributed by atoms with Crippen molar-refractivity contribution in [2.24, 2.45) is 0 Å². The van der Waals surface area contributed by atoms with Crippen molar-refractivity contribution >= 4 is 0 Å². The van der Waals surface area contributed by atoms with E-state index in [1.165, 1.54) is 32.4 Å². The average molecular weight is 184 g/mol. The summed E-state index contributed by atoms with van der Waals surface area (Å²) < 4.78 is 0. The molecule has 1 rings (SSSR count). The van der Waals surface area contributed by atoms with Gasteiger partial charge in [-0.2, -0.15) is 0 Å². The van der Waals surface area contributed by atoms with E-state index in [2.05, 4.69) is 38.0 Å². The smallest absolute Gasteiger partial charge is 0.0280 e. The van der Waals surface area contributed by atoms with Crippen molar-refractivity contribution in [2.75, 3.05) is 20.1 Å². The Labute approximate surface area is 82.7 Å². The molecule has 0 radical (unpaired) electrons. The predicted octanol–water partition coefficient (Wildman–Crippen LogP) is 1.86. The van der Waals surface area contributed by atoms with Gasteiger partial charge in [-0.25, -0.2) is 0 Å². The Kier molecular flexibility index (Phi) is 3.74. The molecule has 1 aliphatic heterocycles. The quantitative estimate of drug-likeness (QED) is 0.717. The van der Waals surface area contributed by atoms with Gasteiger partial charge in [-0.3, -0.25) is 0 Å². The van der Waals surface area contributed by atoms with E-state index in [4.69, 9.17) is 0 Å². The summed E-state index contributed by atoms with van der Waals surface area (Å²) in [6.45, 7) is 9.29. The van der Waals surface area contributed by atoms with Crippen LogP contribution in [0.2, 0.25) is 0 Å². The van der Waals surface area contributed by atoms with E-state index >= 15 is 0 Å². The summed E-state index contributed by atoms with van der Waals surface area (Å²) in [5.41, 5.74) is 0.373. The molecule has 0 saturated carbocycles. The molecular formula is C11H24N2. The van der Waals surface area contributed by atoms with Gasteiger partial charge in [-0.1, -0.05) is 6.92 Å². The lowest BCUT2D eigenvalue weighted by Gasteiger charge is -2.33. The van der Waals surface area contributed by atoms with Crippen LogP contribution in [-0.2, 0) is 0 Å². The Morgan fingerprint density at radius 2 is 2.23 bits per heavy atom. The fraction of sp³-hybridized carbons (Fsp3) is 1.00. The Balaban J connectivity index is 2.38. The molecule has 0 aliphatic carbocycles. The lowest BCUT2D eigenvalue weighted by atomic mass is 9.99. The molecular weight excluding hydrogens is 160 g/mol. The molecule has 1 aliphatic rings. The second-order valence-corrected chi connectivity index (χ2v) is 4.76. The van der Waals surface area contributed by atoms with E-state index in [-0.39, 0.29) is 0 Å². The number of nitrogens with one attached hydrogen (secondary N) is 1. The van der Waals surface area contributed by atoms with Gasteiger partial charge in [0, 0.05) is 18.1 Å². The fourth-order valence-electron chi connectivity index (χ4n) is 2.11. The van der Waals surface area contributed by atoms with Crippen LogP contribution in [0.4, 0.5) is 0 Å². The highest BCUT2D eigenvalue weighted by Gasteiger charge is 2.29. The highest BCUT2D eigenvalue weighted by molar-refractivity contribution is 4.91. The molecule has 2 nitrogen and oxygen atoms in total. The summed E-state index contributed by atoms with van der Waals surface area (Å²) in [5, 5.41) is 3.60. The van der Waals surface area contributed by atoms with Crippen molar-refractivity contribution in [2.45, 2.75) is 51.6 Å². The summed E-state index contributed by atoms with van der Waals surface area (Å²) >= 11 is 0. The zero-order chi connectivity index (χ0) is 9.90. The van der Waals surface area contributed by atoms with Crippen molar-refractivity contribution in [3.63, 3.8) is 0 Å². The maximum absolute atomic E-state index is 3.60. The van der Waals surface area contributed by atoms with Crippen LogP contribution in [0.15, 0.2) is 0 Å². The van der Waals surface area contributed by atoms with Crippen LogP contribution in [0.25, 0.3) is 0 Å². The molecule has 0 aromatic heterocycles. The van der Waals surface area contributed by atoms with Crippen LogP contribution in [0, 0.1) is 0 Å². The lowest BCUT2D eigenvalue weighted by molar-refractivity contribution is 0.189. The molecule has 1 N–H and O–H groups in total. The molecule has 0 spiro atoms. The van der Waals surface area contributed by atoms with Gasteiger partial charge in [0.05, 0.1) is 0 Å². The SMILES string of the molecule is CCC(C)N(C)CC1(C)CCCN1. The first kappa shape index (κ1) is 11.0. The van der Waals surface area contributed by atoms with Gasteiger partial charge < -0.3 is 10.2 Å². The standard InChI is InChI=1S/C11H24N2/c1-5-10(2)13(4)9-11(3)7-6-8-12-11/h10,12H,5-9H2,1-4H3. The molecule has 0 bridgehead atoms. The van der Waals surface area contributed by atoms with E-state index in [9.17, 15) is 0 Å². The molecule has 1 fully saturated rings. The van der Waals surface area contributed by atoms with Crippen LogP contribution in [-0.4, -0.2) is 36.6 Å². The number of hydrogen-bond donors (Lipinski definition) is 1. The molecule has 0 aromatic rings. The summed E-state index contributed by atoms with van der Waals surface area (Å²) in [4.78, 5) is 2.47. The molecule has 2 heteroatoms. The second-order valence-electron chi connectivity index (χ2n) is 4.76. The normalized spacial score (nSPS) is 31.2. The predicted molar refractivity (Wildman–Crippen MR) is 58.0 cm³/mol. The van der Waals surface area contributed by atoms with Crippen LogP contribution in [0.1, 0.15) is 40.0 Å². The number of rotatable bonds is 4. The number of nitrogens with zero attached hydrogens (tertiary/aromatic N) is 1. The maximum Gasteiger partial charge on any atom is 0.0280 e. The van der Waals surface area contributed by atoms with E-state index in [1.54, 1.807) is 0 Å². The molecule has 0 amide bonds. The third kappa shape index (κ3) is 2.96. The van der Waals surface area contributed by atoms with Gasteiger partial charge in [-0.15, -0.1) is 0 Å². The maximum atomic E-state index is 3.60. The van der Waals surface area contributed by atoms with Crippen molar-refractivity contribution < 1.29 is 0 Å². The van der Waals surface area contributed by atoms with Crippen molar-refractivity contribution in [1.82, 2.24) is 10.2 Å². The van der Waals surface area contributed by atoms with E-state index in [1.807, 2.05) is 0 Å². The minimum Gasteiger partial charge on any atom is -0.310 e. The van der Waals surface area contributed by atoms with Gasteiger partial charge in [0.1, 0.15) is 0 Å². The summed E-state index contributed by atoms with van der Waals surface area (Å²) in [7, 11) is 2.24. The molecule has 0 aromatic carbocycles. The van der Waals surface area contributed by atoms with Gasteiger partial charge in [0.25, 0.3) is 0 Å². The first-order chi connectivity index (χ1) is 6.07. The molecule has 2 atom stereocenters. The molecule has 1 saturated heterocycles. The third-order valence-electron chi connectivity index (χ3n) is 3.40. The Hall–Kier alpha value is -0.0800. The molecule has 2 unspecified atom stereocenters. The number of likely N-dealkylation sites (N-methyl/N-ethyl adjacent to an activating group) is 1. The van der Waals surface area contributed by atoms with Gasteiger partial charge >= 0.3 is 0 Å². The van der Waals surface area contributed by atoms with E-state index in [0.717, 1.165) is 0 Å². The van der Waals surface area contributed by atoms with Gasteiger partial charge in [0.2, 0.25) is 0 Å². The van der Waals surface area contributed by atoms with Crippen LogP contribution in [0.5, 0.6) is 0 Å². The molecule has 78 valence electrons. The van der Waals surface area contributed by atoms with E-state index < -0.39 is 0 Å². The van der Waals surface area contributed by atoms with Gasteiger partial charge in [-0.05, 0) is 46.7 Å². The minimum absolute atomic E-state index is 0.373. The van der Waals surface area contributed by atoms with Crippen LogP contribution in [0.3, 0.4) is 0 Å². The van der Waals surface area contributed by atoms with Crippen LogP contribution < -0.4 is 5.32 Å². The third-order valence-corrected chi connectivity index (χ3v) is 3.40. The number of hydrogen-bond acceptors (Lipinski definition) is 2. The second kappa shape index (κ2) is 4.43. The van der Waals surface area contributed by atoms with Crippen molar-refractivity contribution in [3.8, 4) is 0 Å². The first-order valence-corrected chi connectivity index (χ1v) is 5.53. The zero-order valence-corrected chi connectivity index (χ0v) is 9.56. The van der Waals surface area contributed by atoms with Crippen LogP contribution >= 0.6 is 0 Å². The lowest BCUT2D eigenvalue weighted by Crippen LogP contribution is -2.48. The first-order valence-electron chi connectivity index (χ1n) is 5.53. The fourth-order valence-corrected chi connectivity index (χ4v) is 2.11. The molecule has 1 heterocycles. The highest BCUT2D eigenvalue weighted by atomic mass is 15.2. The highest BCUT2D eigenvalue weighted by Crippen LogP contribution is 2.20. The monoisotopic (exact) mass is 184 g/mol. The zero-order valence-electron chi connectivity index (χ0n) is 9.56. The minimum atomic E-state index is 0.373. The van der Waals surface area contributed by atoms with Gasteiger partial charge in [0.15, 0.2) is 0 Å².